The van der Waals surface area contributed by atoms with E-state index in [9.17, 15) is 18.0 Å². The molecule has 0 bridgehead atoms. The molecule has 0 aromatic carbocycles. The van der Waals surface area contributed by atoms with E-state index in [-0.39, 0.29) is 5.78 Å². The number of hydrogen-bond acceptors (Lipinski definition) is 4. The third-order valence-electron chi connectivity index (χ3n) is 2.63. The number of pyridine rings is 2. The Bertz CT molecular complexity index is 624. The van der Waals surface area contributed by atoms with Gasteiger partial charge in [0.25, 0.3) is 0 Å². The van der Waals surface area contributed by atoms with E-state index in [2.05, 4.69) is 9.97 Å². The van der Waals surface area contributed by atoms with Gasteiger partial charge in [0.15, 0.2) is 5.78 Å². The molecule has 2 aromatic rings. The van der Waals surface area contributed by atoms with Crippen molar-refractivity contribution in [3.63, 3.8) is 0 Å². The summed E-state index contributed by atoms with van der Waals surface area (Å²) < 4.78 is 37.2. The van der Waals surface area contributed by atoms with Gasteiger partial charge in [0.1, 0.15) is 10.7 Å². The Labute approximate surface area is 123 Å². The van der Waals surface area contributed by atoms with Gasteiger partial charge in [-0.15, -0.1) is 0 Å². The number of alkyl halides is 3. The Morgan fingerprint density at radius 2 is 1.90 bits per heavy atom. The highest BCUT2D eigenvalue weighted by atomic mass is 32.2. The molecule has 2 rings (SSSR count). The molecule has 0 amide bonds. The van der Waals surface area contributed by atoms with Crippen LogP contribution in [0.3, 0.4) is 0 Å². The van der Waals surface area contributed by atoms with Crippen LogP contribution in [-0.2, 0) is 6.18 Å². The van der Waals surface area contributed by atoms with Gasteiger partial charge < -0.3 is 0 Å². The van der Waals surface area contributed by atoms with Crippen molar-refractivity contribution < 1.29 is 18.0 Å². The van der Waals surface area contributed by atoms with Crippen molar-refractivity contribution in [2.45, 2.75) is 29.4 Å². The Kier molecular flexibility index (Phi) is 4.62. The third kappa shape index (κ3) is 4.04. The van der Waals surface area contributed by atoms with Gasteiger partial charge in [0, 0.05) is 23.7 Å². The molecular formula is C14H11F3N2OS. The van der Waals surface area contributed by atoms with Crippen LogP contribution in [0, 0.1) is 0 Å². The Morgan fingerprint density at radius 3 is 2.38 bits per heavy atom. The van der Waals surface area contributed by atoms with E-state index in [1.165, 1.54) is 24.0 Å². The minimum Gasteiger partial charge on any atom is -0.292 e. The van der Waals surface area contributed by atoms with Gasteiger partial charge >= 0.3 is 6.18 Å². The molecule has 3 nitrogen and oxygen atoms in total. The van der Waals surface area contributed by atoms with Crippen LogP contribution in [-0.4, -0.2) is 15.8 Å². The first kappa shape index (κ1) is 15.5. The average molecular weight is 312 g/mol. The number of Topliss-reactive ketones (excluding diaryl/α,β-unsaturated/α-hetero) is 1. The zero-order valence-corrected chi connectivity index (χ0v) is 11.8. The highest BCUT2D eigenvalue weighted by molar-refractivity contribution is 7.99. The topological polar surface area (TPSA) is 42.9 Å². The molecule has 2 aromatic heterocycles. The number of ketones is 1. The van der Waals surface area contributed by atoms with Crippen molar-refractivity contribution in [2.75, 3.05) is 0 Å². The highest BCUT2D eigenvalue weighted by Gasteiger charge is 2.30. The zero-order chi connectivity index (χ0) is 15.5. The number of hydrogen-bond donors (Lipinski definition) is 0. The summed E-state index contributed by atoms with van der Waals surface area (Å²) in [5, 5.41) is 0.430. The second-order valence-corrected chi connectivity index (χ2v) is 5.23. The Morgan fingerprint density at radius 1 is 1.14 bits per heavy atom. The van der Waals surface area contributed by atoms with E-state index in [1.807, 2.05) is 0 Å². The van der Waals surface area contributed by atoms with Crippen molar-refractivity contribution in [1.29, 1.82) is 0 Å². The van der Waals surface area contributed by atoms with Gasteiger partial charge in [-0.3, -0.25) is 9.78 Å². The zero-order valence-electron chi connectivity index (χ0n) is 11.0. The predicted molar refractivity (Wildman–Crippen MR) is 72.2 cm³/mol. The maximum atomic E-state index is 12.4. The number of halogens is 3. The maximum Gasteiger partial charge on any atom is 0.417 e. The van der Waals surface area contributed by atoms with Gasteiger partial charge in [-0.1, -0.05) is 18.7 Å². The summed E-state index contributed by atoms with van der Waals surface area (Å²) in [6.45, 7) is 1.75. The van der Waals surface area contributed by atoms with Crippen LogP contribution in [0.4, 0.5) is 13.2 Å². The van der Waals surface area contributed by atoms with E-state index in [0.717, 1.165) is 12.3 Å². The van der Waals surface area contributed by atoms with Crippen LogP contribution >= 0.6 is 11.8 Å². The number of carbonyl (C=O) groups is 1. The molecular weight excluding hydrogens is 301 g/mol. The largest absolute Gasteiger partial charge is 0.417 e. The van der Waals surface area contributed by atoms with Crippen LogP contribution in [0.5, 0.6) is 0 Å². The molecule has 0 spiro atoms. The monoisotopic (exact) mass is 312 g/mol. The van der Waals surface area contributed by atoms with Crippen molar-refractivity contribution in [1.82, 2.24) is 9.97 Å². The van der Waals surface area contributed by atoms with Crippen molar-refractivity contribution in [2.24, 2.45) is 0 Å². The van der Waals surface area contributed by atoms with Gasteiger partial charge in [-0.2, -0.15) is 13.2 Å². The fourth-order valence-corrected chi connectivity index (χ4v) is 2.24. The van der Waals surface area contributed by atoms with E-state index < -0.39 is 11.7 Å². The fourth-order valence-electron chi connectivity index (χ4n) is 1.52. The Hall–Kier alpha value is -1.89. The molecule has 0 radical (unpaired) electrons. The van der Waals surface area contributed by atoms with Crippen molar-refractivity contribution in [3.8, 4) is 0 Å². The van der Waals surface area contributed by atoms with Crippen LogP contribution in [0.15, 0.2) is 46.6 Å². The first-order chi connectivity index (χ1) is 9.90. The first-order valence-corrected chi connectivity index (χ1v) is 6.92. The lowest BCUT2D eigenvalue weighted by Gasteiger charge is -2.06. The second-order valence-electron chi connectivity index (χ2n) is 4.14. The summed E-state index contributed by atoms with van der Waals surface area (Å²) in [4.78, 5) is 19.9. The van der Waals surface area contributed by atoms with Gasteiger partial charge in [-0.05, 0) is 24.3 Å². The SMILES string of the molecule is CCC(=O)c1ccc(Sc2ccc(C(F)(F)F)cn2)cn1. The summed E-state index contributed by atoms with van der Waals surface area (Å²) in [7, 11) is 0. The number of nitrogens with zero attached hydrogens (tertiary/aromatic N) is 2. The molecule has 0 N–H and O–H groups in total. The molecule has 0 saturated heterocycles. The molecule has 0 fully saturated rings. The molecule has 7 heteroatoms. The lowest BCUT2D eigenvalue weighted by Crippen LogP contribution is -2.05. The normalized spacial score (nSPS) is 11.4. The standard InChI is InChI=1S/C14H11F3N2OS/c1-2-12(20)11-5-4-10(8-18-11)21-13-6-3-9(7-19-13)14(15,16)17/h3-8H,2H2,1H3. The lowest BCUT2D eigenvalue weighted by atomic mass is 10.2. The van der Waals surface area contributed by atoms with Crippen LogP contribution in [0.1, 0.15) is 29.4 Å². The smallest absolute Gasteiger partial charge is 0.292 e. The maximum absolute atomic E-state index is 12.4. The first-order valence-electron chi connectivity index (χ1n) is 6.10. The minimum atomic E-state index is -4.39. The van der Waals surface area contributed by atoms with Crippen LogP contribution in [0.2, 0.25) is 0 Å². The van der Waals surface area contributed by atoms with Crippen LogP contribution in [0.25, 0.3) is 0 Å². The summed E-state index contributed by atoms with van der Waals surface area (Å²) in [5.41, 5.74) is -0.406. The summed E-state index contributed by atoms with van der Waals surface area (Å²) >= 11 is 1.18. The van der Waals surface area contributed by atoms with E-state index in [4.69, 9.17) is 0 Å². The molecule has 0 aliphatic heterocycles. The highest BCUT2D eigenvalue weighted by Crippen LogP contribution is 2.31. The van der Waals surface area contributed by atoms with E-state index in [0.29, 0.717) is 22.0 Å². The number of rotatable bonds is 4. The lowest BCUT2D eigenvalue weighted by molar-refractivity contribution is -0.137. The average Bonchev–Trinajstić information content (AvgIpc) is 2.47. The molecule has 0 aliphatic carbocycles. The summed E-state index contributed by atoms with van der Waals surface area (Å²) in [5.74, 6) is -0.0563. The van der Waals surface area contributed by atoms with Gasteiger partial charge in [-0.25, -0.2) is 4.98 Å². The van der Waals surface area contributed by atoms with Gasteiger partial charge in [0.05, 0.1) is 5.56 Å². The predicted octanol–water partition coefficient (Wildman–Crippen LogP) is 4.24. The quantitative estimate of drug-likeness (QED) is 0.792. The second kappa shape index (κ2) is 6.26. The number of carbonyl (C=O) groups excluding carboxylic acids is 1. The van der Waals surface area contributed by atoms with Crippen LogP contribution < -0.4 is 0 Å². The molecule has 0 aliphatic rings. The molecule has 0 saturated carbocycles. The Balaban J connectivity index is 2.10. The summed E-state index contributed by atoms with van der Waals surface area (Å²) in [6.07, 6.45) is -1.71. The molecule has 21 heavy (non-hydrogen) atoms. The minimum absolute atomic E-state index is 0.0563. The number of aromatic nitrogens is 2. The third-order valence-corrected chi connectivity index (χ3v) is 3.56. The van der Waals surface area contributed by atoms with Gasteiger partial charge in [0.2, 0.25) is 0 Å². The van der Waals surface area contributed by atoms with E-state index in [1.54, 1.807) is 19.1 Å². The fraction of sp³-hybridized carbons (Fsp3) is 0.214. The molecule has 0 atom stereocenters. The molecule has 2 heterocycles. The molecule has 110 valence electrons. The summed E-state index contributed by atoms with van der Waals surface area (Å²) in [6, 6.07) is 5.58. The van der Waals surface area contributed by atoms with Crippen molar-refractivity contribution >= 4 is 17.5 Å². The molecule has 0 unspecified atom stereocenters. The van der Waals surface area contributed by atoms with E-state index >= 15 is 0 Å². The van der Waals surface area contributed by atoms with Crippen molar-refractivity contribution in [3.05, 3.63) is 47.9 Å².